The molecule has 0 aliphatic heterocycles. The summed E-state index contributed by atoms with van der Waals surface area (Å²) in [5, 5.41) is 3.11. The van der Waals surface area contributed by atoms with Gasteiger partial charge >= 0.3 is 0 Å². The molecule has 0 fully saturated rings. The number of carbonyl (C=O) groups is 1. The fourth-order valence-electron chi connectivity index (χ4n) is 2.42. The highest BCUT2D eigenvalue weighted by Crippen LogP contribution is 2.29. The van der Waals surface area contributed by atoms with Gasteiger partial charge in [0.2, 0.25) is 0 Å². The van der Waals surface area contributed by atoms with Crippen LogP contribution in [-0.2, 0) is 13.0 Å². The van der Waals surface area contributed by atoms with Crippen molar-refractivity contribution in [3.05, 3.63) is 39.8 Å². The average Bonchev–Trinajstić information content (AvgIpc) is 3.11. The number of amides is 1. The van der Waals surface area contributed by atoms with Gasteiger partial charge in [-0.05, 0) is 37.5 Å². The summed E-state index contributed by atoms with van der Waals surface area (Å²) >= 11 is 1.63. The Morgan fingerprint density at radius 3 is 2.42 bits per heavy atom. The first-order valence-electron chi connectivity index (χ1n) is 9.17. The summed E-state index contributed by atoms with van der Waals surface area (Å²) in [4.78, 5) is 19.0. The molecule has 142 valence electrons. The third kappa shape index (κ3) is 5.46. The second-order valence-electron chi connectivity index (χ2n) is 6.11. The van der Waals surface area contributed by atoms with Crippen molar-refractivity contribution in [3.63, 3.8) is 0 Å². The minimum Gasteiger partial charge on any atom is -0.490 e. The van der Waals surface area contributed by atoms with E-state index in [1.54, 1.807) is 35.4 Å². The number of hydrogen-bond acceptors (Lipinski definition) is 5. The Morgan fingerprint density at radius 1 is 1.12 bits per heavy atom. The van der Waals surface area contributed by atoms with Crippen molar-refractivity contribution in [3.8, 4) is 11.5 Å². The molecule has 0 atom stereocenters. The van der Waals surface area contributed by atoms with Gasteiger partial charge in [-0.15, -0.1) is 11.3 Å². The van der Waals surface area contributed by atoms with E-state index in [2.05, 4.69) is 18.8 Å². The molecule has 0 aliphatic rings. The van der Waals surface area contributed by atoms with E-state index in [1.165, 1.54) is 0 Å². The molecule has 0 spiro atoms. The van der Waals surface area contributed by atoms with Crippen LogP contribution in [0.1, 0.15) is 54.7 Å². The van der Waals surface area contributed by atoms with Gasteiger partial charge < -0.3 is 14.4 Å². The van der Waals surface area contributed by atoms with Crippen molar-refractivity contribution in [1.29, 1.82) is 0 Å². The predicted molar refractivity (Wildman–Crippen MR) is 105 cm³/mol. The van der Waals surface area contributed by atoms with Crippen molar-refractivity contribution in [2.45, 2.75) is 46.6 Å². The van der Waals surface area contributed by atoms with Crippen LogP contribution in [0.2, 0.25) is 0 Å². The summed E-state index contributed by atoms with van der Waals surface area (Å²) in [7, 11) is 1.79. The molecule has 1 aromatic heterocycles. The van der Waals surface area contributed by atoms with Gasteiger partial charge in [0, 0.05) is 18.0 Å². The lowest BCUT2D eigenvalue weighted by atomic mass is 10.1. The van der Waals surface area contributed by atoms with E-state index in [1.807, 2.05) is 18.4 Å². The molecular formula is C20H28N2O3S. The van der Waals surface area contributed by atoms with Crippen molar-refractivity contribution in [2.24, 2.45) is 0 Å². The van der Waals surface area contributed by atoms with E-state index in [4.69, 9.17) is 9.47 Å². The van der Waals surface area contributed by atoms with Crippen molar-refractivity contribution < 1.29 is 14.3 Å². The number of aryl methyl sites for hydroxylation is 1. The Morgan fingerprint density at radius 2 is 1.81 bits per heavy atom. The van der Waals surface area contributed by atoms with Gasteiger partial charge in [0.15, 0.2) is 11.5 Å². The second-order valence-corrected chi connectivity index (χ2v) is 7.05. The zero-order chi connectivity index (χ0) is 18.9. The molecule has 1 aromatic carbocycles. The minimum atomic E-state index is -0.0561. The van der Waals surface area contributed by atoms with Crippen LogP contribution in [0.25, 0.3) is 0 Å². The number of ether oxygens (including phenoxy) is 2. The number of hydrogen-bond donors (Lipinski definition) is 0. The van der Waals surface area contributed by atoms with Crippen LogP contribution < -0.4 is 9.47 Å². The molecule has 0 aliphatic carbocycles. The number of benzene rings is 1. The Kier molecular flexibility index (Phi) is 7.91. The molecule has 0 saturated heterocycles. The van der Waals surface area contributed by atoms with E-state index in [-0.39, 0.29) is 5.91 Å². The first-order chi connectivity index (χ1) is 12.6. The third-order valence-electron chi connectivity index (χ3n) is 3.76. The maximum Gasteiger partial charge on any atom is 0.254 e. The van der Waals surface area contributed by atoms with Crippen LogP contribution in [0.15, 0.2) is 23.6 Å². The molecule has 0 radical (unpaired) electrons. The smallest absolute Gasteiger partial charge is 0.254 e. The number of thiazole rings is 1. The molecular weight excluding hydrogens is 348 g/mol. The highest BCUT2D eigenvalue weighted by atomic mass is 32.1. The van der Waals surface area contributed by atoms with Crippen molar-refractivity contribution in [2.75, 3.05) is 20.3 Å². The van der Waals surface area contributed by atoms with Gasteiger partial charge in [0.05, 0.1) is 30.5 Å². The topological polar surface area (TPSA) is 51.7 Å². The lowest BCUT2D eigenvalue weighted by molar-refractivity contribution is 0.0783. The van der Waals surface area contributed by atoms with Crippen LogP contribution >= 0.6 is 11.3 Å². The van der Waals surface area contributed by atoms with E-state index in [0.717, 1.165) is 30.0 Å². The van der Waals surface area contributed by atoms with Gasteiger partial charge in [-0.2, -0.15) is 0 Å². The lowest BCUT2D eigenvalue weighted by Crippen LogP contribution is -2.26. The summed E-state index contributed by atoms with van der Waals surface area (Å²) in [6.45, 7) is 7.90. The van der Waals surface area contributed by atoms with Gasteiger partial charge in [0.25, 0.3) is 5.91 Å². The third-order valence-corrected chi connectivity index (χ3v) is 4.80. The maximum atomic E-state index is 12.8. The Balaban J connectivity index is 2.12. The minimum absolute atomic E-state index is 0.0561. The number of aromatic nitrogens is 1. The van der Waals surface area contributed by atoms with Gasteiger partial charge in [0.1, 0.15) is 0 Å². The zero-order valence-electron chi connectivity index (χ0n) is 16.1. The predicted octanol–water partition coefficient (Wildman–Crippen LogP) is 4.56. The molecule has 1 heterocycles. The SMILES string of the molecule is CCCOc1ccc(C(=O)N(C)Cc2csc(CC)n2)cc1OCCC. The fraction of sp³-hybridized carbons (Fsp3) is 0.500. The molecule has 0 bridgehead atoms. The Bertz CT molecular complexity index is 715. The largest absolute Gasteiger partial charge is 0.490 e. The van der Waals surface area contributed by atoms with E-state index in [0.29, 0.717) is 36.8 Å². The molecule has 1 amide bonds. The monoisotopic (exact) mass is 376 g/mol. The second kappa shape index (κ2) is 10.2. The molecule has 6 heteroatoms. The molecule has 2 aromatic rings. The lowest BCUT2D eigenvalue weighted by Gasteiger charge is -2.18. The summed E-state index contributed by atoms with van der Waals surface area (Å²) in [6.07, 6.45) is 2.73. The van der Waals surface area contributed by atoms with Gasteiger partial charge in [-0.1, -0.05) is 20.8 Å². The number of carbonyl (C=O) groups excluding carboxylic acids is 1. The van der Waals surface area contributed by atoms with Gasteiger partial charge in [-0.25, -0.2) is 4.98 Å². The molecule has 26 heavy (non-hydrogen) atoms. The van der Waals surface area contributed by atoms with Gasteiger partial charge in [-0.3, -0.25) is 4.79 Å². The van der Waals surface area contributed by atoms with E-state index >= 15 is 0 Å². The maximum absolute atomic E-state index is 12.8. The van der Waals surface area contributed by atoms with Crippen molar-refractivity contribution in [1.82, 2.24) is 9.88 Å². The fourth-order valence-corrected chi connectivity index (χ4v) is 3.15. The summed E-state index contributed by atoms with van der Waals surface area (Å²) in [6, 6.07) is 5.39. The van der Waals surface area contributed by atoms with Crippen LogP contribution in [-0.4, -0.2) is 36.1 Å². The normalized spacial score (nSPS) is 10.6. The number of rotatable bonds is 10. The first kappa shape index (κ1) is 20.2. The van der Waals surface area contributed by atoms with Crippen LogP contribution in [0.4, 0.5) is 0 Å². The van der Waals surface area contributed by atoms with Crippen LogP contribution in [0.3, 0.4) is 0 Å². The summed E-state index contributed by atoms with van der Waals surface area (Å²) in [5.41, 5.74) is 1.52. The highest BCUT2D eigenvalue weighted by Gasteiger charge is 2.16. The van der Waals surface area contributed by atoms with E-state index < -0.39 is 0 Å². The summed E-state index contributed by atoms with van der Waals surface area (Å²) in [5.74, 6) is 1.26. The average molecular weight is 377 g/mol. The zero-order valence-corrected chi connectivity index (χ0v) is 16.9. The van der Waals surface area contributed by atoms with Crippen LogP contribution in [0, 0.1) is 0 Å². The molecule has 0 unspecified atom stereocenters. The standard InChI is InChI=1S/C20H28N2O3S/c1-5-10-24-17-9-8-15(12-18(17)25-11-6-2)20(23)22(4)13-16-14-26-19(7-3)21-16/h8-9,12,14H,5-7,10-11,13H2,1-4H3. The van der Waals surface area contributed by atoms with E-state index in [9.17, 15) is 4.79 Å². The highest BCUT2D eigenvalue weighted by molar-refractivity contribution is 7.09. The number of nitrogens with zero attached hydrogens (tertiary/aromatic N) is 2. The Labute approximate surface area is 160 Å². The molecule has 0 saturated carbocycles. The van der Waals surface area contributed by atoms with Crippen LogP contribution in [0.5, 0.6) is 11.5 Å². The molecule has 2 rings (SSSR count). The first-order valence-corrected chi connectivity index (χ1v) is 10.0. The Hall–Kier alpha value is -2.08. The summed E-state index contributed by atoms with van der Waals surface area (Å²) < 4.78 is 11.5. The molecule has 5 nitrogen and oxygen atoms in total. The quantitative estimate of drug-likeness (QED) is 0.610. The van der Waals surface area contributed by atoms with Crippen molar-refractivity contribution >= 4 is 17.2 Å². The molecule has 0 N–H and O–H groups in total.